The van der Waals surface area contributed by atoms with Crippen LogP contribution in [0.25, 0.3) is 10.8 Å². The Hall–Kier alpha value is -2.16. The molecule has 3 aromatic carbocycles. The summed E-state index contributed by atoms with van der Waals surface area (Å²) in [5.41, 5.74) is 2.52. The van der Waals surface area contributed by atoms with Gasteiger partial charge in [-0.2, -0.15) is 0 Å². The van der Waals surface area contributed by atoms with Crippen LogP contribution in [0.4, 0.5) is 0 Å². The summed E-state index contributed by atoms with van der Waals surface area (Å²) in [6.45, 7) is 5.93. The van der Waals surface area contributed by atoms with Crippen LogP contribution in [-0.4, -0.2) is 29.6 Å². The zero-order valence-corrected chi connectivity index (χ0v) is 18.9. The fraction of sp³-hybridized carbons (Fsp3) is 0.448. The van der Waals surface area contributed by atoms with E-state index < -0.39 is 0 Å². The molecule has 0 aromatic heterocycles. The van der Waals surface area contributed by atoms with Gasteiger partial charge in [0, 0.05) is 12.1 Å². The van der Waals surface area contributed by atoms with E-state index in [0.29, 0.717) is 18.2 Å². The van der Waals surface area contributed by atoms with Crippen molar-refractivity contribution in [1.82, 2.24) is 4.90 Å². The minimum atomic E-state index is -0.00239. The molecule has 2 aliphatic heterocycles. The summed E-state index contributed by atoms with van der Waals surface area (Å²) in [6.07, 6.45) is 6.67. The summed E-state index contributed by atoms with van der Waals surface area (Å²) in [4.78, 5) is 2.80. The maximum atomic E-state index is 6.94. The maximum Gasteiger partial charge on any atom is 0.108 e. The summed E-state index contributed by atoms with van der Waals surface area (Å²) < 4.78 is 6.94. The van der Waals surface area contributed by atoms with E-state index in [9.17, 15) is 0 Å². The summed E-state index contributed by atoms with van der Waals surface area (Å²) in [7, 11) is 0. The van der Waals surface area contributed by atoms with Gasteiger partial charge in [0.05, 0.1) is 6.10 Å². The lowest BCUT2D eigenvalue weighted by atomic mass is 9.95. The van der Waals surface area contributed by atoms with Gasteiger partial charge in [0.2, 0.25) is 0 Å². The highest BCUT2D eigenvalue weighted by molar-refractivity contribution is 5.83. The molecule has 2 unspecified atom stereocenters. The normalized spacial score (nSPS) is 24.7. The van der Waals surface area contributed by atoms with E-state index in [1.165, 1.54) is 60.5 Å². The van der Waals surface area contributed by atoms with Gasteiger partial charge >= 0.3 is 0 Å². The van der Waals surface area contributed by atoms with Crippen molar-refractivity contribution in [3.05, 3.63) is 83.9 Å². The number of fused-ring (bicyclic) bond motifs is 3. The quantitative estimate of drug-likeness (QED) is 0.414. The number of rotatable bonds is 7. The van der Waals surface area contributed by atoms with Gasteiger partial charge in [0.15, 0.2) is 0 Å². The first kappa shape index (κ1) is 20.7. The highest BCUT2D eigenvalue weighted by Gasteiger charge is 2.41. The van der Waals surface area contributed by atoms with Gasteiger partial charge in [-0.15, -0.1) is 0 Å². The molecule has 5 rings (SSSR count). The molecule has 2 heteroatoms. The Balaban J connectivity index is 1.37. The molecule has 2 bridgehead atoms. The lowest BCUT2D eigenvalue weighted by molar-refractivity contribution is -0.0487. The number of piperidine rings is 1. The second-order valence-corrected chi connectivity index (χ2v) is 9.93. The maximum absolute atomic E-state index is 6.94. The Labute approximate surface area is 187 Å². The van der Waals surface area contributed by atoms with Crippen molar-refractivity contribution in [2.24, 2.45) is 5.92 Å². The number of hydrogen-bond donors (Lipinski definition) is 0. The van der Waals surface area contributed by atoms with Crippen LogP contribution in [-0.2, 0) is 4.74 Å². The highest BCUT2D eigenvalue weighted by Crippen LogP contribution is 2.40. The van der Waals surface area contributed by atoms with Crippen LogP contribution in [0.2, 0.25) is 0 Å². The van der Waals surface area contributed by atoms with Crippen molar-refractivity contribution < 1.29 is 4.74 Å². The molecule has 2 nitrogen and oxygen atoms in total. The number of hydrogen-bond acceptors (Lipinski definition) is 2. The third-order valence-corrected chi connectivity index (χ3v) is 7.31. The van der Waals surface area contributed by atoms with E-state index in [4.69, 9.17) is 4.74 Å². The molecule has 3 aromatic rings. The Bertz CT molecular complexity index is 984. The van der Waals surface area contributed by atoms with Crippen LogP contribution < -0.4 is 0 Å². The second kappa shape index (κ2) is 9.14. The zero-order valence-electron chi connectivity index (χ0n) is 18.9. The Morgan fingerprint density at radius 3 is 2.19 bits per heavy atom. The van der Waals surface area contributed by atoms with E-state index in [-0.39, 0.29) is 6.10 Å². The smallest absolute Gasteiger partial charge is 0.108 e. The van der Waals surface area contributed by atoms with E-state index in [1.54, 1.807) is 0 Å². The molecule has 0 amide bonds. The molecule has 0 radical (unpaired) electrons. The SMILES string of the molecule is CC(C)CCN1[C@@H]2CC[C@H]1CC(OC(c1ccccc1)c1ccc3ccccc3c1)C2. The summed E-state index contributed by atoms with van der Waals surface area (Å²) in [6, 6.07) is 27.6. The van der Waals surface area contributed by atoms with Crippen molar-refractivity contribution in [3.63, 3.8) is 0 Å². The van der Waals surface area contributed by atoms with E-state index in [2.05, 4.69) is 91.5 Å². The van der Waals surface area contributed by atoms with Gasteiger partial charge in [-0.25, -0.2) is 0 Å². The molecule has 0 N–H and O–H groups in total. The van der Waals surface area contributed by atoms with Crippen molar-refractivity contribution in [2.45, 2.75) is 70.2 Å². The average molecular weight is 414 g/mol. The van der Waals surface area contributed by atoms with Crippen LogP contribution in [0.5, 0.6) is 0 Å². The number of benzene rings is 3. The van der Waals surface area contributed by atoms with Gasteiger partial charge in [-0.1, -0.05) is 80.6 Å². The summed E-state index contributed by atoms with van der Waals surface area (Å²) in [5.74, 6) is 0.781. The molecule has 2 fully saturated rings. The van der Waals surface area contributed by atoms with E-state index >= 15 is 0 Å². The van der Waals surface area contributed by atoms with Crippen LogP contribution >= 0.6 is 0 Å². The molecule has 4 atom stereocenters. The first-order valence-corrected chi connectivity index (χ1v) is 12.1. The number of ether oxygens (including phenoxy) is 1. The minimum Gasteiger partial charge on any atom is -0.365 e. The summed E-state index contributed by atoms with van der Waals surface area (Å²) >= 11 is 0. The van der Waals surface area contributed by atoms with E-state index in [0.717, 1.165) is 5.92 Å². The van der Waals surface area contributed by atoms with E-state index in [1.807, 2.05) is 0 Å². The van der Waals surface area contributed by atoms with Crippen LogP contribution in [0, 0.1) is 5.92 Å². The topological polar surface area (TPSA) is 12.5 Å². The number of nitrogens with zero attached hydrogens (tertiary/aromatic N) is 1. The van der Waals surface area contributed by atoms with Gasteiger partial charge < -0.3 is 4.74 Å². The Morgan fingerprint density at radius 1 is 0.806 bits per heavy atom. The molecule has 2 saturated heterocycles. The highest BCUT2D eigenvalue weighted by atomic mass is 16.5. The fourth-order valence-electron chi connectivity index (χ4n) is 5.65. The lowest BCUT2D eigenvalue weighted by Crippen LogP contribution is -2.46. The standard InChI is InChI=1S/C29H35NO/c1-21(2)16-17-30-26-14-15-27(30)20-28(19-26)31-29(23-9-4-3-5-10-23)25-13-12-22-8-6-7-11-24(22)18-25/h3-13,18,21,26-29H,14-17,19-20H2,1-2H3/t26-,27+,28?,29?. The van der Waals surface area contributed by atoms with Crippen LogP contribution in [0.15, 0.2) is 72.8 Å². The second-order valence-electron chi connectivity index (χ2n) is 9.93. The molecular formula is C29H35NO. The molecule has 2 heterocycles. The molecule has 0 saturated carbocycles. The lowest BCUT2D eigenvalue weighted by Gasteiger charge is -2.40. The summed E-state index contributed by atoms with van der Waals surface area (Å²) in [5, 5.41) is 2.57. The molecule has 0 spiro atoms. The molecule has 0 aliphatic carbocycles. The first-order valence-electron chi connectivity index (χ1n) is 12.1. The van der Waals surface area contributed by atoms with Crippen molar-refractivity contribution in [1.29, 1.82) is 0 Å². The predicted molar refractivity (Wildman–Crippen MR) is 129 cm³/mol. The molecule has 162 valence electrons. The van der Waals surface area contributed by atoms with Crippen molar-refractivity contribution >= 4 is 10.8 Å². The predicted octanol–water partition coefficient (Wildman–Crippen LogP) is 6.99. The fourth-order valence-corrected chi connectivity index (χ4v) is 5.65. The monoisotopic (exact) mass is 413 g/mol. The third kappa shape index (κ3) is 4.56. The Morgan fingerprint density at radius 2 is 1.48 bits per heavy atom. The van der Waals surface area contributed by atoms with Gasteiger partial charge in [0.25, 0.3) is 0 Å². The molecule has 31 heavy (non-hydrogen) atoms. The van der Waals surface area contributed by atoms with Gasteiger partial charge in [-0.05, 0) is 72.5 Å². The van der Waals surface area contributed by atoms with Gasteiger partial charge in [0.1, 0.15) is 6.10 Å². The third-order valence-electron chi connectivity index (χ3n) is 7.31. The van der Waals surface area contributed by atoms with Gasteiger partial charge in [-0.3, -0.25) is 4.90 Å². The van der Waals surface area contributed by atoms with Crippen molar-refractivity contribution in [3.8, 4) is 0 Å². The molecular weight excluding hydrogens is 378 g/mol. The van der Waals surface area contributed by atoms with Crippen molar-refractivity contribution in [2.75, 3.05) is 6.54 Å². The average Bonchev–Trinajstić information content (AvgIpc) is 3.04. The molecule has 2 aliphatic rings. The first-order chi connectivity index (χ1) is 15.2. The van der Waals surface area contributed by atoms with Crippen LogP contribution in [0.1, 0.15) is 63.2 Å². The zero-order chi connectivity index (χ0) is 21.2. The van der Waals surface area contributed by atoms with Crippen LogP contribution in [0.3, 0.4) is 0 Å². The largest absolute Gasteiger partial charge is 0.365 e. The Kier molecular flexibility index (Phi) is 6.11. The minimum absolute atomic E-state index is 0.00239.